The molecule has 96 valence electrons. The lowest BCUT2D eigenvalue weighted by Crippen LogP contribution is -2.40. The Balaban J connectivity index is 2.27. The number of hydrogen-bond acceptors (Lipinski definition) is 2. The van der Waals surface area contributed by atoms with Crippen molar-refractivity contribution in [3.8, 4) is 0 Å². The number of benzene rings is 1. The van der Waals surface area contributed by atoms with Crippen molar-refractivity contribution in [1.82, 2.24) is 10.6 Å². The van der Waals surface area contributed by atoms with E-state index in [1.807, 2.05) is 6.07 Å². The van der Waals surface area contributed by atoms with Crippen LogP contribution in [-0.4, -0.2) is 18.6 Å². The van der Waals surface area contributed by atoms with Crippen LogP contribution in [0, 0.1) is 0 Å². The third kappa shape index (κ3) is 7.19. The molecule has 0 atom stereocenters. The molecule has 0 fully saturated rings. The normalized spacial score (nSPS) is 11.8. The van der Waals surface area contributed by atoms with Gasteiger partial charge in [-0.05, 0) is 44.5 Å². The fourth-order valence-corrected chi connectivity index (χ4v) is 2.86. The first-order valence-electron chi connectivity index (χ1n) is 5.77. The van der Waals surface area contributed by atoms with Crippen LogP contribution in [-0.2, 0) is 6.54 Å². The minimum Gasteiger partial charge on any atom is -0.311 e. The van der Waals surface area contributed by atoms with Crippen LogP contribution in [0.1, 0.15) is 26.3 Å². The molecule has 0 spiro atoms. The van der Waals surface area contributed by atoms with E-state index in [-0.39, 0.29) is 5.54 Å². The molecular formula is C13H20Br2N2. The number of rotatable bonds is 5. The largest absolute Gasteiger partial charge is 0.311 e. The fourth-order valence-electron chi connectivity index (χ4n) is 1.47. The molecule has 1 rings (SSSR count). The van der Waals surface area contributed by atoms with Gasteiger partial charge in [0.25, 0.3) is 0 Å². The maximum absolute atomic E-state index is 3.49. The van der Waals surface area contributed by atoms with Crippen molar-refractivity contribution in [2.45, 2.75) is 32.9 Å². The molecule has 0 radical (unpaired) electrons. The summed E-state index contributed by atoms with van der Waals surface area (Å²) in [6.45, 7) is 9.39. The molecule has 0 heterocycles. The molecule has 2 N–H and O–H groups in total. The van der Waals surface area contributed by atoms with Gasteiger partial charge in [0.15, 0.2) is 0 Å². The lowest BCUT2D eigenvalue weighted by atomic mass is 10.1. The molecule has 2 nitrogen and oxygen atoms in total. The van der Waals surface area contributed by atoms with Crippen LogP contribution in [0.3, 0.4) is 0 Å². The van der Waals surface area contributed by atoms with E-state index in [4.69, 9.17) is 0 Å². The van der Waals surface area contributed by atoms with Crippen molar-refractivity contribution < 1.29 is 0 Å². The molecule has 0 saturated heterocycles. The first kappa shape index (κ1) is 15.2. The van der Waals surface area contributed by atoms with Crippen LogP contribution in [0.15, 0.2) is 27.1 Å². The van der Waals surface area contributed by atoms with Gasteiger partial charge < -0.3 is 10.6 Å². The van der Waals surface area contributed by atoms with Crippen molar-refractivity contribution in [1.29, 1.82) is 0 Å². The first-order valence-corrected chi connectivity index (χ1v) is 7.36. The van der Waals surface area contributed by atoms with Gasteiger partial charge in [-0.1, -0.05) is 31.9 Å². The highest BCUT2D eigenvalue weighted by Crippen LogP contribution is 2.19. The van der Waals surface area contributed by atoms with Gasteiger partial charge in [0.05, 0.1) is 0 Å². The summed E-state index contributed by atoms with van der Waals surface area (Å²) < 4.78 is 2.22. The van der Waals surface area contributed by atoms with Crippen molar-refractivity contribution in [3.63, 3.8) is 0 Å². The van der Waals surface area contributed by atoms with Gasteiger partial charge in [-0.3, -0.25) is 0 Å². The maximum atomic E-state index is 3.49. The van der Waals surface area contributed by atoms with Gasteiger partial charge in [0.2, 0.25) is 0 Å². The van der Waals surface area contributed by atoms with Crippen molar-refractivity contribution >= 4 is 31.9 Å². The second-order valence-electron chi connectivity index (χ2n) is 5.13. The average Bonchev–Trinajstić information content (AvgIpc) is 2.13. The Morgan fingerprint density at radius 1 is 1.00 bits per heavy atom. The molecule has 0 aliphatic carbocycles. The third-order valence-corrected chi connectivity index (χ3v) is 3.12. The van der Waals surface area contributed by atoms with E-state index >= 15 is 0 Å². The molecule has 0 aliphatic rings. The van der Waals surface area contributed by atoms with Crippen LogP contribution < -0.4 is 10.6 Å². The van der Waals surface area contributed by atoms with Gasteiger partial charge >= 0.3 is 0 Å². The molecule has 17 heavy (non-hydrogen) atoms. The zero-order chi connectivity index (χ0) is 12.9. The Bertz CT molecular complexity index is 339. The average molecular weight is 364 g/mol. The zero-order valence-electron chi connectivity index (χ0n) is 10.6. The van der Waals surface area contributed by atoms with E-state index in [0.29, 0.717) is 0 Å². The monoisotopic (exact) mass is 362 g/mol. The Hall–Kier alpha value is 0.1000. The summed E-state index contributed by atoms with van der Waals surface area (Å²) >= 11 is 6.98. The number of nitrogens with one attached hydrogen (secondary N) is 2. The zero-order valence-corrected chi connectivity index (χ0v) is 13.8. The smallest absolute Gasteiger partial charge is 0.0206 e. The van der Waals surface area contributed by atoms with E-state index in [2.05, 4.69) is 75.4 Å². The minimum atomic E-state index is 0.195. The standard InChI is InChI=1S/C13H20Br2N2/c1-13(2,3)17-5-4-16-9-10-6-11(14)8-12(15)7-10/h6-8,16-17H,4-5,9H2,1-3H3. The van der Waals surface area contributed by atoms with Crippen LogP contribution in [0.4, 0.5) is 0 Å². The van der Waals surface area contributed by atoms with Gasteiger partial charge in [-0.15, -0.1) is 0 Å². The summed E-state index contributed by atoms with van der Waals surface area (Å²) in [6, 6.07) is 6.31. The predicted octanol–water partition coefficient (Wildman–Crippen LogP) is 3.69. The molecule has 0 amide bonds. The summed E-state index contributed by atoms with van der Waals surface area (Å²) in [5.41, 5.74) is 1.47. The molecule has 1 aromatic carbocycles. The highest BCUT2D eigenvalue weighted by molar-refractivity contribution is 9.11. The Kier molecular flexibility index (Phi) is 6.13. The summed E-state index contributed by atoms with van der Waals surface area (Å²) in [4.78, 5) is 0. The summed E-state index contributed by atoms with van der Waals surface area (Å²) in [5.74, 6) is 0. The maximum Gasteiger partial charge on any atom is 0.0206 e. The summed E-state index contributed by atoms with van der Waals surface area (Å²) in [7, 11) is 0. The first-order chi connectivity index (χ1) is 7.87. The Morgan fingerprint density at radius 3 is 2.12 bits per heavy atom. The molecule has 4 heteroatoms. The lowest BCUT2D eigenvalue weighted by Gasteiger charge is -2.20. The van der Waals surface area contributed by atoms with Gasteiger partial charge in [0.1, 0.15) is 0 Å². The second-order valence-corrected chi connectivity index (χ2v) is 6.96. The van der Waals surface area contributed by atoms with E-state index < -0.39 is 0 Å². The van der Waals surface area contributed by atoms with Crippen LogP contribution in [0.25, 0.3) is 0 Å². The van der Waals surface area contributed by atoms with E-state index in [0.717, 1.165) is 28.6 Å². The minimum absolute atomic E-state index is 0.195. The second kappa shape index (κ2) is 6.88. The van der Waals surface area contributed by atoms with Crippen LogP contribution in [0.5, 0.6) is 0 Å². The lowest BCUT2D eigenvalue weighted by molar-refractivity contribution is 0.421. The van der Waals surface area contributed by atoms with Crippen molar-refractivity contribution in [2.24, 2.45) is 0 Å². The highest BCUT2D eigenvalue weighted by Gasteiger charge is 2.06. The Morgan fingerprint density at radius 2 is 1.59 bits per heavy atom. The molecule has 0 aliphatic heterocycles. The van der Waals surface area contributed by atoms with Gasteiger partial charge in [-0.2, -0.15) is 0 Å². The topological polar surface area (TPSA) is 24.1 Å². The number of halogens is 2. The van der Waals surface area contributed by atoms with E-state index in [1.165, 1.54) is 5.56 Å². The predicted molar refractivity (Wildman–Crippen MR) is 81.3 cm³/mol. The molecule has 1 aromatic rings. The SMILES string of the molecule is CC(C)(C)NCCNCc1cc(Br)cc(Br)c1. The van der Waals surface area contributed by atoms with Crippen molar-refractivity contribution in [2.75, 3.05) is 13.1 Å². The third-order valence-electron chi connectivity index (χ3n) is 2.21. The van der Waals surface area contributed by atoms with Gasteiger partial charge in [-0.25, -0.2) is 0 Å². The molecule has 0 unspecified atom stereocenters. The molecule has 0 aromatic heterocycles. The quantitative estimate of drug-likeness (QED) is 0.779. The van der Waals surface area contributed by atoms with E-state index in [9.17, 15) is 0 Å². The van der Waals surface area contributed by atoms with Crippen molar-refractivity contribution in [3.05, 3.63) is 32.7 Å². The summed E-state index contributed by atoms with van der Waals surface area (Å²) in [6.07, 6.45) is 0. The van der Waals surface area contributed by atoms with Gasteiger partial charge in [0, 0.05) is 34.1 Å². The highest BCUT2D eigenvalue weighted by atomic mass is 79.9. The summed E-state index contributed by atoms with van der Waals surface area (Å²) in [5, 5.41) is 6.87. The molecule has 0 saturated carbocycles. The number of hydrogen-bond donors (Lipinski definition) is 2. The fraction of sp³-hybridized carbons (Fsp3) is 0.538. The van der Waals surface area contributed by atoms with E-state index in [1.54, 1.807) is 0 Å². The molecular weight excluding hydrogens is 344 g/mol. The Labute approximate surface area is 121 Å². The molecule has 0 bridgehead atoms. The van der Waals surface area contributed by atoms with Crippen LogP contribution >= 0.6 is 31.9 Å². The van der Waals surface area contributed by atoms with Crippen LogP contribution in [0.2, 0.25) is 0 Å².